The van der Waals surface area contributed by atoms with Crippen LogP contribution in [-0.4, -0.2) is 23.5 Å². The summed E-state index contributed by atoms with van der Waals surface area (Å²) in [6, 6.07) is 3.54. The van der Waals surface area contributed by atoms with Gasteiger partial charge in [-0.05, 0) is 25.3 Å². The molecule has 1 fully saturated rings. The third kappa shape index (κ3) is 1.17. The second kappa shape index (κ2) is 3.10. The smallest absolute Gasteiger partial charge is 0.250 e. The van der Waals surface area contributed by atoms with Crippen molar-refractivity contribution in [3.63, 3.8) is 0 Å². The molecule has 1 spiro atoms. The normalized spacial score (nSPS) is 20.4. The molecule has 0 unspecified atom stereocenters. The van der Waals surface area contributed by atoms with E-state index in [1.807, 2.05) is 0 Å². The molecule has 0 saturated heterocycles. The Morgan fingerprint density at radius 1 is 1.44 bits per heavy atom. The van der Waals surface area contributed by atoms with E-state index in [4.69, 9.17) is 4.74 Å². The molecule has 5 heteroatoms. The van der Waals surface area contributed by atoms with Gasteiger partial charge in [0.15, 0.2) is 5.82 Å². The van der Waals surface area contributed by atoms with Crippen molar-refractivity contribution in [3.05, 3.63) is 12.1 Å². The van der Waals surface area contributed by atoms with E-state index in [0.717, 1.165) is 24.9 Å². The van der Waals surface area contributed by atoms with Gasteiger partial charge in [0.2, 0.25) is 11.8 Å². The zero-order chi connectivity index (χ0) is 11.2. The van der Waals surface area contributed by atoms with Gasteiger partial charge < -0.3 is 15.4 Å². The summed E-state index contributed by atoms with van der Waals surface area (Å²) in [5, 5.41) is 6.12. The summed E-state index contributed by atoms with van der Waals surface area (Å²) in [7, 11) is 1.58. The van der Waals surface area contributed by atoms with Gasteiger partial charge in [-0.25, -0.2) is 0 Å². The summed E-state index contributed by atoms with van der Waals surface area (Å²) < 4.78 is 5.06. The maximum Gasteiger partial charge on any atom is 0.250 e. The van der Waals surface area contributed by atoms with E-state index in [9.17, 15) is 4.79 Å². The first-order chi connectivity index (χ1) is 7.73. The van der Waals surface area contributed by atoms with E-state index in [-0.39, 0.29) is 5.91 Å². The van der Waals surface area contributed by atoms with Gasteiger partial charge in [0, 0.05) is 6.07 Å². The van der Waals surface area contributed by atoms with Crippen LogP contribution in [0.5, 0.6) is 5.88 Å². The monoisotopic (exact) mass is 219 g/mol. The fourth-order valence-electron chi connectivity index (χ4n) is 2.16. The molecule has 2 heterocycles. The van der Waals surface area contributed by atoms with Gasteiger partial charge in [-0.15, -0.1) is 0 Å². The third-order valence-electron chi connectivity index (χ3n) is 3.33. The molecule has 1 amide bonds. The second-order valence-corrected chi connectivity index (χ2v) is 4.26. The molecule has 0 radical (unpaired) electrons. The lowest BCUT2D eigenvalue weighted by Gasteiger charge is -2.44. The number of hydrogen-bond acceptors (Lipinski definition) is 4. The average molecular weight is 219 g/mol. The molecule has 1 aromatic rings. The van der Waals surface area contributed by atoms with Crippen molar-refractivity contribution in [3.8, 4) is 5.88 Å². The maximum absolute atomic E-state index is 11.9. The SMILES string of the molecule is COc1ccc2c(n1)NC1(CCC1)C(=O)N2. The Morgan fingerprint density at radius 2 is 2.25 bits per heavy atom. The largest absolute Gasteiger partial charge is 0.481 e. The number of carbonyl (C=O) groups is 1. The Morgan fingerprint density at radius 3 is 2.88 bits per heavy atom. The van der Waals surface area contributed by atoms with Crippen molar-refractivity contribution >= 4 is 17.4 Å². The Labute approximate surface area is 93.2 Å². The second-order valence-electron chi connectivity index (χ2n) is 4.26. The molecular weight excluding hydrogens is 206 g/mol. The molecule has 0 aromatic carbocycles. The minimum Gasteiger partial charge on any atom is -0.481 e. The number of nitrogens with one attached hydrogen (secondary N) is 2. The molecule has 1 aliphatic carbocycles. The molecule has 2 aliphatic rings. The van der Waals surface area contributed by atoms with Crippen LogP contribution in [0.3, 0.4) is 0 Å². The summed E-state index contributed by atoms with van der Waals surface area (Å²) in [4.78, 5) is 16.2. The minimum atomic E-state index is -0.424. The van der Waals surface area contributed by atoms with Crippen molar-refractivity contribution in [2.45, 2.75) is 24.8 Å². The quantitative estimate of drug-likeness (QED) is 0.749. The number of fused-ring (bicyclic) bond motifs is 1. The van der Waals surface area contributed by atoms with Gasteiger partial charge in [0.1, 0.15) is 5.54 Å². The lowest BCUT2D eigenvalue weighted by molar-refractivity contribution is -0.123. The number of nitrogens with zero attached hydrogens (tertiary/aromatic N) is 1. The molecule has 2 N–H and O–H groups in total. The number of methoxy groups -OCH3 is 1. The number of anilines is 2. The highest BCUT2D eigenvalue weighted by Crippen LogP contribution is 2.41. The number of ether oxygens (including phenoxy) is 1. The van der Waals surface area contributed by atoms with Gasteiger partial charge in [-0.1, -0.05) is 0 Å². The first-order valence-electron chi connectivity index (χ1n) is 5.38. The van der Waals surface area contributed by atoms with Gasteiger partial charge in [0.05, 0.1) is 12.8 Å². The fraction of sp³-hybridized carbons (Fsp3) is 0.455. The minimum absolute atomic E-state index is 0.0539. The summed E-state index contributed by atoms with van der Waals surface area (Å²) in [6.07, 6.45) is 2.83. The van der Waals surface area contributed by atoms with E-state index in [1.54, 1.807) is 19.2 Å². The van der Waals surface area contributed by atoms with Crippen LogP contribution in [0.25, 0.3) is 0 Å². The van der Waals surface area contributed by atoms with E-state index < -0.39 is 5.54 Å². The van der Waals surface area contributed by atoms with Gasteiger partial charge in [-0.2, -0.15) is 4.98 Å². The van der Waals surface area contributed by atoms with Crippen molar-refractivity contribution in [1.29, 1.82) is 0 Å². The third-order valence-corrected chi connectivity index (χ3v) is 3.33. The zero-order valence-electron chi connectivity index (χ0n) is 9.04. The molecule has 16 heavy (non-hydrogen) atoms. The summed E-state index contributed by atoms with van der Waals surface area (Å²) in [6.45, 7) is 0. The van der Waals surface area contributed by atoms with Crippen LogP contribution in [0.2, 0.25) is 0 Å². The van der Waals surface area contributed by atoms with E-state index in [2.05, 4.69) is 15.6 Å². The van der Waals surface area contributed by atoms with E-state index in [1.165, 1.54) is 0 Å². The number of amides is 1. The predicted octanol–water partition coefficient (Wildman–Crippen LogP) is 1.38. The fourth-order valence-corrected chi connectivity index (χ4v) is 2.16. The van der Waals surface area contributed by atoms with E-state index >= 15 is 0 Å². The number of pyridine rings is 1. The highest BCUT2D eigenvalue weighted by molar-refractivity contribution is 6.06. The molecule has 1 aromatic heterocycles. The highest BCUT2D eigenvalue weighted by atomic mass is 16.5. The topological polar surface area (TPSA) is 63.2 Å². The summed E-state index contributed by atoms with van der Waals surface area (Å²) >= 11 is 0. The first kappa shape index (κ1) is 9.45. The Balaban J connectivity index is 1.99. The zero-order valence-corrected chi connectivity index (χ0v) is 9.04. The number of rotatable bonds is 1. The molecule has 84 valence electrons. The van der Waals surface area contributed by atoms with Gasteiger partial charge >= 0.3 is 0 Å². The molecule has 1 saturated carbocycles. The predicted molar refractivity (Wildman–Crippen MR) is 59.6 cm³/mol. The van der Waals surface area contributed by atoms with Crippen LogP contribution in [0.4, 0.5) is 11.5 Å². The maximum atomic E-state index is 11.9. The first-order valence-corrected chi connectivity index (χ1v) is 5.38. The van der Waals surface area contributed by atoms with Crippen LogP contribution in [-0.2, 0) is 4.79 Å². The summed E-state index contributed by atoms with van der Waals surface area (Å²) in [5.74, 6) is 1.31. The van der Waals surface area contributed by atoms with Crippen LogP contribution in [0, 0.1) is 0 Å². The standard InChI is InChI=1S/C11H13N3O2/c1-16-8-4-3-7-9(13-8)14-11(5-2-6-11)10(15)12-7/h3-4H,2,5-6H2,1H3,(H,12,15)(H,13,14). The molecular formula is C11H13N3O2. The Hall–Kier alpha value is -1.78. The van der Waals surface area contributed by atoms with E-state index in [0.29, 0.717) is 11.7 Å². The molecule has 5 nitrogen and oxygen atoms in total. The van der Waals surface area contributed by atoms with Crippen LogP contribution >= 0.6 is 0 Å². The van der Waals surface area contributed by atoms with Crippen LogP contribution in [0.15, 0.2) is 12.1 Å². The lowest BCUT2D eigenvalue weighted by atomic mass is 9.75. The van der Waals surface area contributed by atoms with Gasteiger partial charge in [0.25, 0.3) is 0 Å². The van der Waals surface area contributed by atoms with Crippen molar-refractivity contribution in [1.82, 2.24) is 4.98 Å². The Kier molecular flexibility index (Phi) is 1.83. The lowest BCUT2D eigenvalue weighted by Crippen LogP contribution is -2.57. The van der Waals surface area contributed by atoms with Crippen molar-refractivity contribution in [2.24, 2.45) is 0 Å². The number of carbonyl (C=O) groups excluding carboxylic acids is 1. The van der Waals surface area contributed by atoms with Crippen LogP contribution < -0.4 is 15.4 Å². The number of aromatic nitrogens is 1. The van der Waals surface area contributed by atoms with Crippen LogP contribution in [0.1, 0.15) is 19.3 Å². The number of hydrogen-bond donors (Lipinski definition) is 2. The van der Waals surface area contributed by atoms with Crippen molar-refractivity contribution in [2.75, 3.05) is 17.7 Å². The molecule has 0 bridgehead atoms. The highest BCUT2D eigenvalue weighted by Gasteiger charge is 2.47. The Bertz CT molecular complexity index is 455. The molecule has 1 aliphatic heterocycles. The van der Waals surface area contributed by atoms with Gasteiger partial charge in [-0.3, -0.25) is 4.79 Å². The molecule has 0 atom stereocenters. The average Bonchev–Trinajstić information content (AvgIpc) is 2.25. The summed E-state index contributed by atoms with van der Waals surface area (Å²) in [5.41, 5.74) is 0.301. The van der Waals surface area contributed by atoms with Crippen molar-refractivity contribution < 1.29 is 9.53 Å². The molecule has 3 rings (SSSR count).